The molecule has 1 heterocycles. The van der Waals surface area contributed by atoms with Crippen molar-refractivity contribution in [3.63, 3.8) is 0 Å². The number of hydrogen-bond donors (Lipinski definition) is 1. The number of aliphatic hydroxyl groups is 1. The molecule has 0 aliphatic carbocycles. The highest BCUT2D eigenvalue weighted by Crippen LogP contribution is 2.28. The van der Waals surface area contributed by atoms with Crippen molar-refractivity contribution in [3.05, 3.63) is 22.2 Å². The van der Waals surface area contributed by atoms with E-state index in [4.69, 9.17) is 4.74 Å². The molecule has 0 saturated carbocycles. The Balaban J connectivity index is 2.34. The smallest absolute Gasteiger partial charge is 0.207 e. The van der Waals surface area contributed by atoms with E-state index in [0.29, 0.717) is 6.73 Å². The summed E-state index contributed by atoms with van der Waals surface area (Å²) in [7, 11) is 2.83. The number of nitrogens with zero attached hydrogens (tertiary/aromatic N) is 3. The molecular weight excluding hydrogens is 374 g/mol. The molecular formula is C16H26BrN3O2Si. The van der Waals surface area contributed by atoms with Gasteiger partial charge >= 0.3 is 0 Å². The van der Waals surface area contributed by atoms with Crippen LogP contribution in [0.25, 0.3) is 11.0 Å². The van der Waals surface area contributed by atoms with Crippen LogP contribution < -0.4 is 4.90 Å². The van der Waals surface area contributed by atoms with Gasteiger partial charge in [-0.05, 0) is 18.2 Å². The fourth-order valence-electron chi connectivity index (χ4n) is 2.42. The van der Waals surface area contributed by atoms with E-state index in [-0.39, 0.29) is 6.61 Å². The first-order valence-electron chi connectivity index (χ1n) is 7.77. The largest absolute Gasteiger partial charge is 0.392 e. The van der Waals surface area contributed by atoms with Crippen LogP contribution in [0.4, 0.5) is 5.95 Å². The van der Waals surface area contributed by atoms with Crippen molar-refractivity contribution in [2.75, 3.05) is 25.6 Å². The van der Waals surface area contributed by atoms with Gasteiger partial charge in [-0.15, -0.1) is 0 Å². The molecule has 1 N–H and O–H groups in total. The van der Waals surface area contributed by atoms with Gasteiger partial charge in [-0.2, -0.15) is 0 Å². The second-order valence-electron chi connectivity index (χ2n) is 7.17. The number of halogens is 1. The van der Waals surface area contributed by atoms with Crippen LogP contribution in [0.3, 0.4) is 0 Å². The highest BCUT2D eigenvalue weighted by Gasteiger charge is 2.17. The quantitative estimate of drug-likeness (QED) is 0.569. The van der Waals surface area contributed by atoms with Crippen molar-refractivity contribution in [2.24, 2.45) is 0 Å². The summed E-state index contributed by atoms with van der Waals surface area (Å²) in [4.78, 5) is 6.65. The number of rotatable bonds is 7. The van der Waals surface area contributed by atoms with Gasteiger partial charge in [-0.25, -0.2) is 4.98 Å². The second kappa shape index (κ2) is 7.34. The lowest BCUT2D eigenvalue weighted by molar-refractivity contribution is 0.0905. The molecule has 2 rings (SSSR count). The van der Waals surface area contributed by atoms with Gasteiger partial charge in [0, 0.05) is 38.8 Å². The van der Waals surface area contributed by atoms with Crippen molar-refractivity contribution in [1.29, 1.82) is 0 Å². The Morgan fingerprint density at radius 1 is 1.30 bits per heavy atom. The molecule has 0 unspecified atom stereocenters. The first-order chi connectivity index (χ1) is 10.7. The summed E-state index contributed by atoms with van der Waals surface area (Å²) in [6.07, 6.45) is 0. The summed E-state index contributed by atoms with van der Waals surface area (Å²) < 4.78 is 8.88. The van der Waals surface area contributed by atoms with Crippen LogP contribution in [0.1, 0.15) is 5.56 Å². The SMILES string of the molecule is CN(C)c1nc2cc(Br)cc(CO)c2n1COCC[Si](C)(C)C. The number of benzene rings is 1. The number of fused-ring (bicyclic) bond motifs is 1. The zero-order valence-electron chi connectivity index (χ0n) is 14.6. The summed E-state index contributed by atoms with van der Waals surface area (Å²) in [6, 6.07) is 5.04. The second-order valence-corrected chi connectivity index (χ2v) is 13.7. The summed E-state index contributed by atoms with van der Waals surface area (Å²) in [6.45, 7) is 8.21. The normalized spacial score (nSPS) is 12.1. The van der Waals surface area contributed by atoms with E-state index < -0.39 is 8.07 Å². The number of aliphatic hydroxyl groups excluding tert-OH is 1. The Bertz CT molecular complexity index is 680. The molecule has 0 radical (unpaired) electrons. The molecule has 7 heteroatoms. The van der Waals surface area contributed by atoms with Crippen LogP contribution in [0.15, 0.2) is 16.6 Å². The minimum atomic E-state index is -1.10. The van der Waals surface area contributed by atoms with Crippen molar-refractivity contribution in [1.82, 2.24) is 9.55 Å². The van der Waals surface area contributed by atoms with Gasteiger partial charge in [0.05, 0.1) is 17.6 Å². The third-order valence-electron chi connectivity index (χ3n) is 3.65. The van der Waals surface area contributed by atoms with E-state index in [1.165, 1.54) is 0 Å². The van der Waals surface area contributed by atoms with Crippen LogP contribution in [0.5, 0.6) is 0 Å². The molecule has 0 bridgehead atoms. The number of aromatic nitrogens is 2. The average molecular weight is 400 g/mol. The Morgan fingerprint density at radius 2 is 2.00 bits per heavy atom. The first-order valence-corrected chi connectivity index (χ1v) is 12.3. The molecule has 0 spiro atoms. The number of hydrogen-bond acceptors (Lipinski definition) is 4. The highest BCUT2D eigenvalue weighted by molar-refractivity contribution is 9.10. The molecule has 0 fully saturated rings. The lowest BCUT2D eigenvalue weighted by Crippen LogP contribution is -2.22. The summed E-state index contributed by atoms with van der Waals surface area (Å²) in [5.74, 6) is 0.834. The molecule has 2 aromatic rings. The third kappa shape index (κ3) is 4.56. The fraction of sp³-hybridized carbons (Fsp3) is 0.562. The van der Waals surface area contributed by atoms with E-state index >= 15 is 0 Å². The molecule has 128 valence electrons. The summed E-state index contributed by atoms with van der Waals surface area (Å²) >= 11 is 3.48. The van der Waals surface area contributed by atoms with Gasteiger partial charge in [0.25, 0.3) is 0 Å². The Labute approximate surface area is 147 Å². The number of imidazole rings is 1. The first kappa shape index (κ1) is 18.4. The fourth-order valence-corrected chi connectivity index (χ4v) is 3.67. The highest BCUT2D eigenvalue weighted by atomic mass is 79.9. The van der Waals surface area contributed by atoms with Crippen molar-refractivity contribution in [3.8, 4) is 0 Å². The van der Waals surface area contributed by atoms with Crippen LogP contribution in [0.2, 0.25) is 25.7 Å². The average Bonchev–Trinajstić information content (AvgIpc) is 2.80. The Kier molecular flexibility index (Phi) is 5.88. The predicted octanol–water partition coefficient (Wildman–Crippen LogP) is 3.67. The molecule has 0 atom stereocenters. The van der Waals surface area contributed by atoms with Gasteiger partial charge in [-0.1, -0.05) is 35.6 Å². The standard InChI is InChI=1S/C16H26BrN3O2Si/c1-19(2)16-18-14-9-13(17)8-12(10-21)15(14)20(16)11-22-6-7-23(3,4)5/h8-9,21H,6-7,10-11H2,1-5H3. The summed E-state index contributed by atoms with van der Waals surface area (Å²) in [5, 5.41) is 9.70. The maximum Gasteiger partial charge on any atom is 0.207 e. The van der Waals surface area contributed by atoms with Gasteiger partial charge in [0.2, 0.25) is 5.95 Å². The summed E-state index contributed by atoms with van der Waals surface area (Å²) in [5.41, 5.74) is 2.65. The molecule has 1 aromatic heterocycles. The van der Waals surface area contributed by atoms with Crippen LogP contribution in [-0.2, 0) is 18.1 Å². The lowest BCUT2D eigenvalue weighted by atomic mass is 10.2. The molecule has 23 heavy (non-hydrogen) atoms. The molecule has 0 aliphatic rings. The van der Waals surface area contributed by atoms with Crippen LogP contribution in [-0.4, -0.2) is 43.4 Å². The van der Waals surface area contributed by atoms with Gasteiger partial charge in [0.15, 0.2) is 0 Å². The maximum atomic E-state index is 9.70. The van der Waals surface area contributed by atoms with Crippen molar-refractivity contribution in [2.45, 2.75) is 39.0 Å². The predicted molar refractivity (Wildman–Crippen MR) is 102 cm³/mol. The molecule has 0 amide bonds. The van der Waals surface area contributed by atoms with E-state index in [9.17, 15) is 5.11 Å². The van der Waals surface area contributed by atoms with E-state index in [0.717, 1.165) is 39.7 Å². The van der Waals surface area contributed by atoms with Gasteiger partial charge in [-0.3, -0.25) is 4.57 Å². The minimum absolute atomic E-state index is 0.0244. The minimum Gasteiger partial charge on any atom is -0.392 e. The lowest BCUT2D eigenvalue weighted by Gasteiger charge is -2.18. The molecule has 1 aromatic carbocycles. The molecule has 0 aliphatic heterocycles. The Hall–Kier alpha value is -0.893. The van der Waals surface area contributed by atoms with E-state index in [1.807, 2.05) is 35.7 Å². The van der Waals surface area contributed by atoms with Crippen LogP contribution in [0, 0.1) is 0 Å². The zero-order chi connectivity index (χ0) is 17.2. The topological polar surface area (TPSA) is 50.5 Å². The Morgan fingerprint density at radius 3 is 2.57 bits per heavy atom. The molecule has 0 saturated heterocycles. The monoisotopic (exact) mass is 399 g/mol. The zero-order valence-corrected chi connectivity index (χ0v) is 17.1. The van der Waals surface area contributed by atoms with Gasteiger partial charge in [0.1, 0.15) is 6.73 Å². The third-order valence-corrected chi connectivity index (χ3v) is 5.81. The maximum absolute atomic E-state index is 9.70. The van der Waals surface area contributed by atoms with Crippen molar-refractivity contribution >= 4 is 41.0 Å². The van der Waals surface area contributed by atoms with E-state index in [1.54, 1.807) is 0 Å². The number of anilines is 1. The van der Waals surface area contributed by atoms with Crippen LogP contribution >= 0.6 is 15.9 Å². The van der Waals surface area contributed by atoms with Crippen molar-refractivity contribution < 1.29 is 9.84 Å². The molecule has 5 nitrogen and oxygen atoms in total. The van der Waals surface area contributed by atoms with E-state index in [2.05, 4.69) is 40.6 Å². The number of ether oxygens (including phenoxy) is 1. The van der Waals surface area contributed by atoms with Gasteiger partial charge < -0.3 is 14.7 Å².